The zero-order valence-corrected chi connectivity index (χ0v) is 16.4. The van der Waals surface area contributed by atoms with Gasteiger partial charge in [0.15, 0.2) is 0 Å². The van der Waals surface area contributed by atoms with Crippen molar-refractivity contribution in [3.8, 4) is 0 Å². The smallest absolute Gasteiger partial charge is 0.247 e. The van der Waals surface area contributed by atoms with Crippen molar-refractivity contribution < 1.29 is 18.7 Å². The minimum atomic E-state index is -0.768. The number of rotatable bonds is 10. The molecule has 2 amide bonds. The van der Waals surface area contributed by atoms with Crippen LogP contribution in [0, 0.1) is 5.82 Å². The first-order valence-corrected chi connectivity index (χ1v) is 9.45. The van der Waals surface area contributed by atoms with Crippen LogP contribution in [-0.2, 0) is 20.9 Å². The molecule has 0 aromatic heterocycles. The Kier molecular flexibility index (Phi) is 8.62. The summed E-state index contributed by atoms with van der Waals surface area (Å²) < 4.78 is 18.5. The maximum atomic E-state index is 13.2. The molecule has 0 saturated heterocycles. The molecule has 0 heterocycles. The summed E-state index contributed by atoms with van der Waals surface area (Å²) >= 11 is 0. The normalized spacial score (nSPS) is 11.7. The van der Waals surface area contributed by atoms with Crippen molar-refractivity contribution in [3.05, 3.63) is 71.5 Å². The van der Waals surface area contributed by atoms with Crippen molar-refractivity contribution in [2.45, 2.75) is 32.9 Å². The highest BCUT2D eigenvalue weighted by atomic mass is 19.1. The van der Waals surface area contributed by atoms with Crippen LogP contribution in [-0.4, -0.2) is 36.5 Å². The molecule has 6 heteroatoms. The SMILES string of the molecule is CCOCCCNC(=O)C(c1ccccc1)N(Cc1ccc(F)cc1)C(C)=O. The summed E-state index contributed by atoms with van der Waals surface area (Å²) in [6.45, 7) is 5.23. The van der Waals surface area contributed by atoms with Crippen LogP contribution in [0.3, 0.4) is 0 Å². The van der Waals surface area contributed by atoms with Gasteiger partial charge < -0.3 is 15.0 Å². The van der Waals surface area contributed by atoms with Gasteiger partial charge in [0, 0.05) is 33.2 Å². The van der Waals surface area contributed by atoms with Crippen LogP contribution in [0.15, 0.2) is 54.6 Å². The molecule has 0 aliphatic rings. The maximum absolute atomic E-state index is 13.2. The summed E-state index contributed by atoms with van der Waals surface area (Å²) in [6.07, 6.45) is 0.694. The number of ether oxygens (including phenoxy) is 1. The lowest BCUT2D eigenvalue weighted by atomic mass is 10.0. The highest BCUT2D eigenvalue weighted by molar-refractivity contribution is 5.88. The van der Waals surface area contributed by atoms with Crippen LogP contribution >= 0.6 is 0 Å². The van der Waals surface area contributed by atoms with Gasteiger partial charge in [0.2, 0.25) is 11.8 Å². The molecular formula is C22H27FN2O3. The van der Waals surface area contributed by atoms with Crippen molar-refractivity contribution in [1.82, 2.24) is 10.2 Å². The molecule has 28 heavy (non-hydrogen) atoms. The number of halogens is 1. The van der Waals surface area contributed by atoms with Crippen molar-refractivity contribution in [2.24, 2.45) is 0 Å². The average Bonchev–Trinajstić information content (AvgIpc) is 2.69. The largest absolute Gasteiger partial charge is 0.382 e. The zero-order valence-electron chi connectivity index (χ0n) is 16.4. The molecule has 150 valence electrons. The number of carbonyl (C=O) groups excluding carboxylic acids is 2. The summed E-state index contributed by atoms with van der Waals surface area (Å²) in [6, 6.07) is 14.3. The van der Waals surface area contributed by atoms with E-state index in [0.29, 0.717) is 26.2 Å². The van der Waals surface area contributed by atoms with Gasteiger partial charge in [0.05, 0.1) is 0 Å². The fourth-order valence-electron chi connectivity index (χ4n) is 2.91. The van der Waals surface area contributed by atoms with Gasteiger partial charge in [-0.2, -0.15) is 0 Å². The summed E-state index contributed by atoms with van der Waals surface area (Å²) in [5.74, 6) is -0.826. The number of carbonyl (C=O) groups is 2. The van der Waals surface area contributed by atoms with E-state index in [0.717, 1.165) is 11.1 Å². The second-order valence-corrected chi connectivity index (χ2v) is 6.43. The van der Waals surface area contributed by atoms with Crippen molar-refractivity contribution >= 4 is 11.8 Å². The number of benzene rings is 2. The highest BCUT2D eigenvalue weighted by Crippen LogP contribution is 2.24. The van der Waals surface area contributed by atoms with Crippen molar-refractivity contribution in [1.29, 1.82) is 0 Å². The van der Waals surface area contributed by atoms with Crippen LogP contribution < -0.4 is 5.32 Å². The van der Waals surface area contributed by atoms with Gasteiger partial charge in [-0.05, 0) is 36.6 Å². The molecule has 1 N–H and O–H groups in total. The molecule has 0 saturated carbocycles. The van der Waals surface area contributed by atoms with Crippen molar-refractivity contribution in [2.75, 3.05) is 19.8 Å². The van der Waals surface area contributed by atoms with E-state index in [1.54, 1.807) is 12.1 Å². The Balaban J connectivity index is 2.20. The van der Waals surface area contributed by atoms with Gasteiger partial charge in [-0.1, -0.05) is 42.5 Å². The van der Waals surface area contributed by atoms with E-state index in [1.807, 2.05) is 37.3 Å². The molecular weight excluding hydrogens is 359 g/mol. The molecule has 0 aliphatic heterocycles. The summed E-state index contributed by atoms with van der Waals surface area (Å²) in [7, 11) is 0. The maximum Gasteiger partial charge on any atom is 0.247 e. The van der Waals surface area contributed by atoms with Crippen LogP contribution in [0.2, 0.25) is 0 Å². The summed E-state index contributed by atoms with van der Waals surface area (Å²) in [5.41, 5.74) is 1.48. The number of nitrogens with one attached hydrogen (secondary N) is 1. The molecule has 0 bridgehead atoms. The Hall–Kier alpha value is -2.73. The van der Waals surface area contributed by atoms with Gasteiger partial charge in [0.1, 0.15) is 11.9 Å². The monoisotopic (exact) mass is 386 g/mol. The topological polar surface area (TPSA) is 58.6 Å². The molecule has 1 atom stereocenters. The molecule has 1 unspecified atom stereocenters. The van der Waals surface area contributed by atoms with E-state index in [4.69, 9.17) is 4.74 Å². The van der Waals surface area contributed by atoms with Crippen LogP contribution in [0.4, 0.5) is 4.39 Å². The van der Waals surface area contributed by atoms with E-state index in [-0.39, 0.29) is 24.2 Å². The van der Waals surface area contributed by atoms with Gasteiger partial charge >= 0.3 is 0 Å². The van der Waals surface area contributed by atoms with Crippen molar-refractivity contribution in [3.63, 3.8) is 0 Å². The third-order valence-electron chi connectivity index (χ3n) is 4.31. The lowest BCUT2D eigenvalue weighted by Crippen LogP contribution is -2.43. The fraction of sp³-hybridized carbons (Fsp3) is 0.364. The minimum Gasteiger partial charge on any atom is -0.382 e. The second-order valence-electron chi connectivity index (χ2n) is 6.43. The molecule has 0 fully saturated rings. The zero-order chi connectivity index (χ0) is 20.4. The minimum absolute atomic E-state index is 0.210. The number of hydrogen-bond acceptors (Lipinski definition) is 3. The van der Waals surface area contributed by atoms with Crippen LogP contribution in [0.1, 0.15) is 37.4 Å². The molecule has 0 aliphatic carbocycles. The van der Waals surface area contributed by atoms with Gasteiger partial charge in [-0.25, -0.2) is 4.39 Å². The first-order chi connectivity index (χ1) is 13.5. The molecule has 2 aromatic carbocycles. The summed E-state index contributed by atoms with van der Waals surface area (Å²) in [4.78, 5) is 26.9. The Morgan fingerprint density at radius 3 is 2.39 bits per heavy atom. The lowest BCUT2D eigenvalue weighted by Gasteiger charge is -2.30. The van der Waals surface area contributed by atoms with Gasteiger partial charge in [-0.3, -0.25) is 9.59 Å². The van der Waals surface area contributed by atoms with E-state index in [1.165, 1.54) is 24.0 Å². The van der Waals surface area contributed by atoms with Gasteiger partial charge in [-0.15, -0.1) is 0 Å². The summed E-state index contributed by atoms with van der Waals surface area (Å²) in [5, 5.41) is 2.90. The third-order valence-corrected chi connectivity index (χ3v) is 4.31. The van der Waals surface area contributed by atoms with Crippen LogP contribution in [0.5, 0.6) is 0 Å². The van der Waals surface area contributed by atoms with E-state index < -0.39 is 6.04 Å². The number of nitrogens with zero attached hydrogens (tertiary/aromatic N) is 1. The average molecular weight is 386 g/mol. The predicted octanol–water partition coefficient (Wildman–Crippen LogP) is 3.46. The van der Waals surface area contributed by atoms with E-state index >= 15 is 0 Å². The molecule has 2 rings (SSSR count). The first kappa shape index (κ1) is 21.6. The molecule has 5 nitrogen and oxygen atoms in total. The Morgan fingerprint density at radius 1 is 1.11 bits per heavy atom. The highest BCUT2D eigenvalue weighted by Gasteiger charge is 2.29. The van der Waals surface area contributed by atoms with E-state index in [2.05, 4.69) is 5.32 Å². The quantitative estimate of drug-likeness (QED) is 0.636. The predicted molar refractivity (Wildman–Crippen MR) is 106 cm³/mol. The van der Waals surface area contributed by atoms with E-state index in [9.17, 15) is 14.0 Å². The number of amides is 2. The molecule has 0 spiro atoms. The standard InChI is InChI=1S/C22H27FN2O3/c1-3-28-15-7-14-24-22(27)21(19-8-5-4-6-9-19)25(17(2)26)16-18-10-12-20(23)13-11-18/h4-6,8-13,21H,3,7,14-16H2,1-2H3,(H,24,27). The second kappa shape index (κ2) is 11.2. The fourth-order valence-corrected chi connectivity index (χ4v) is 2.91. The Labute approximate surface area is 165 Å². The van der Waals surface area contributed by atoms with Crippen LogP contribution in [0.25, 0.3) is 0 Å². The Bertz CT molecular complexity index is 750. The molecule has 0 radical (unpaired) electrons. The first-order valence-electron chi connectivity index (χ1n) is 9.45. The van der Waals surface area contributed by atoms with Gasteiger partial charge in [0.25, 0.3) is 0 Å². The number of hydrogen-bond donors (Lipinski definition) is 1. The Morgan fingerprint density at radius 2 is 1.79 bits per heavy atom. The molecule has 2 aromatic rings. The third kappa shape index (κ3) is 6.46. The lowest BCUT2D eigenvalue weighted by molar-refractivity contribution is -0.140.